The molecule has 0 amide bonds. The lowest BCUT2D eigenvalue weighted by atomic mass is 10.2. The first kappa shape index (κ1) is 15.5. The van der Waals surface area contributed by atoms with Crippen LogP contribution >= 0.6 is 15.9 Å². The van der Waals surface area contributed by atoms with Crippen LogP contribution in [0.2, 0.25) is 0 Å². The molecule has 0 aliphatic carbocycles. The summed E-state index contributed by atoms with van der Waals surface area (Å²) in [7, 11) is 0. The largest absolute Gasteiger partial charge is 0.478 e. The van der Waals surface area contributed by atoms with E-state index in [0.29, 0.717) is 0 Å². The van der Waals surface area contributed by atoms with E-state index in [1.165, 1.54) is 20.0 Å². The molecule has 0 saturated heterocycles. The first-order valence-corrected chi connectivity index (χ1v) is 6.45. The van der Waals surface area contributed by atoms with Crippen molar-refractivity contribution < 1.29 is 23.1 Å². The Hall–Kier alpha value is -1.90. The molecule has 0 aliphatic heterocycles. The maximum Gasteiger partial charge on any atom is 0.420 e. The number of aromatic carboxylic acids is 1. The predicted molar refractivity (Wildman–Crippen MR) is 70.5 cm³/mol. The fourth-order valence-corrected chi connectivity index (χ4v) is 2.30. The van der Waals surface area contributed by atoms with Crippen molar-refractivity contribution in [1.82, 2.24) is 14.8 Å². The van der Waals surface area contributed by atoms with Gasteiger partial charge in [-0.15, -0.1) is 0 Å². The van der Waals surface area contributed by atoms with E-state index >= 15 is 0 Å². The van der Waals surface area contributed by atoms with Gasteiger partial charge in [-0.1, -0.05) is 0 Å². The predicted octanol–water partition coefficient (Wildman–Crippen LogP) is 3.36. The third-order valence-electron chi connectivity index (χ3n) is 2.84. The Morgan fingerprint density at radius 1 is 1.38 bits per heavy atom. The van der Waals surface area contributed by atoms with E-state index in [1.54, 1.807) is 0 Å². The molecule has 0 saturated carbocycles. The highest BCUT2D eigenvalue weighted by Crippen LogP contribution is 2.35. The Bertz CT molecular complexity index is 725. The summed E-state index contributed by atoms with van der Waals surface area (Å²) in [5.41, 5.74) is -0.926. The number of halogens is 4. The van der Waals surface area contributed by atoms with Crippen molar-refractivity contribution in [2.24, 2.45) is 0 Å². The molecule has 2 heterocycles. The number of hydrogen-bond donors (Lipinski definition) is 1. The number of nitrogens with zero attached hydrogens (tertiary/aromatic N) is 3. The molecule has 2 aromatic rings. The minimum absolute atomic E-state index is 0.0836. The zero-order chi connectivity index (χ0) is 15.9. The van der Waals surface area contributed by atoms with Crippen molar-refractivity contribution in [2.45, 2.75) is 20.0 Å². The molecular formula is C12H9BrF3N3O2. The Morgan fingerprint density at radius 3 is 2.48 bits per heavy atom. The van der Waals surface area contributed by atoms with Gasteiger partial charge in [0.05, 0.1) is 11.4 Å². The number of aromatic nitrogens is 3. The SMILES string of the molecule is Cc1nn(-c2ncc(Br)cc2C(F)(F)F)c(C)c1C(=O)O. The zero-order valence-electron chi connectivity index (χ0n) is 10.9. The number of carbonyl (C=O) groups is 1. The fourth-order valence-electron chi connectivity index (χ4n) is 1.97. The molecule has 2 aromatic heterocycles. The monoisotopic (exact) mass is 363 g/mol. The van der Waals surface area contributed by atoms with Crippen LogP contribution < -0.4 is 0 Å². The van der Waals surface area contributed by atoms with Crippen molar-refractivity contribution in [3.63, 3.8) is 0 Å². The smallest absolute Gasteiger partial charge is 0.420 e. The minimum Gasteiger partial charge on any atom is -0.478 e. The van der Waals surface area contributed by atoms with Crippen molar-refractivity contribution in [3.8, 4) is 5.82 Å². The van der Waals surface area contributed by atoms with Crippen molar-refractivity contribution >= 4 is 21.9 Å². The highest BCUT2D eigenvalue weighted by atomic mass is 79.9. The van der Waals surface area contributed by atoms with Crippen LogP contribution in [-0.2, 0) is 6.18 Å². The van der Waals surface area contributed by atoms with Gasteiger partial charge in [-0.3, -0.25) is 0 Å². The van der Waals surface area contributed by atoms with Gasteiger partial charge >= 0.3 is 12.1 Å². The van der Waals surface area contributed by atoms with Gasteiger partial charge in [0.2, 0.25) is 0 Å². The molecule has 0 aromatic carbocycles. The van der Waals surface area contributed by atoms with Crippen molar-refractivity contribution in [3.05, 3.63) is 39.3 Å². The number of carboxylic acids is 1. The average molecular weight is 364 g/mol. The molecule has 2 rings (SSSR count). The maximum atomic E-state index is 13.1. The third kappa shape index (κ3) is 2.78. The van der Waals surface area contributed by atoms with Gasteiger partial charge < -0.3 is 5.11 Å². The summed E-state index contributed by atoms with van der Waals surface area (Å²) >= 11 is 2.94. The molecule has 5 nitrogen and oxygen atoms in total. The molecule has 0 aliphatic rings. The van der Waals surface area contributed by atoms with E-state index in [4.69, 9.17) is 5.11 Å². The second kappa shape index (κ2) is 5.14. The Labute approximate surface area is 125 Å². The van der Waals surface area contributed by atoms with Crippen LogP contribution in [0.5, 0.6) is 0 Å². The molecule has 0 radical (unpaired) electrons. The van der Waals surface area contributed by atoms with Crippen LogP contribution in [-0.4, -0.2) is 25.8 Å². The van der Waals surface area contributed by atoms with E-state index in [-0.39, 0.29) is 21.4 Å². The summed E-state index contributed by atoms with van der Waals surface area (Å²) in [5, 5.41) is 12.9. The van der Waals surface area contributed by atoms with Crippen LogP contribution in [0.25, 0.3) is 5.82 Å². The van der Waals surface area contributed by atoms with Crippen LogP contribution in [0.4, 0.5) is 13.2 Å². The third-order valence-corrected chi connectivity index (χ3v) is 3.28. The lowest BCUT2D eigenvalue weighted by Crippen LogP contribution is -2.14. The molecule has 0 atom stereocenters. The first-order valence-electron chi connectivity index (χ1n) is 5.65. The number of aryl methyl sites for hydroxylation is 1. The normalized spacial score (nSPS) is 11.7. The number of pyridine rings is 1. The van der Waals surface area contributed by atoms with Gasteiger partial charge in [0.15, 0.2) is 5.82 Å². The van der Waals surface area contributed by atoms with Crippen LogP contribution in [0.1, 0.15) is 27.3 Å². The van der Waals surface area contributed by atoms with Crippen molar-refractivity contribution in [1.29, 1.82) is 0 Å². The van der Waals surface area contributed by atoms with E-state index in [2.05, 4.69) is 26.0 Å². The van der Waals surface area contributed by atoms with Gasteiger partial charge in [-0.2, -0.15) is 18.3 Å². The second-order valence-corrected chi connectivity index (χ2v) is 5.20. The first-order chi connectivity index (χ1) is 9.62. The summed E-state index contributed by atoms with van der Waals surface area (Å²) < 4.78 is 40.3. The number of rotatable bonds is 2. The second-order valence-electron chi connectivity index (χ2n) is 4.29. The Morgan fingerprint density at radius 2 is 2.00 bits per heavy atom. The topological polar surface area (TPSA) is 68.0 Å². The zero-order valence-corrected chi connectivity index (χ0v) is 12.4. The molecule has 112 valence electrons. The van der Waals surface area contributed by atoms with Crippen molar-refractivity contribution in [2.75, 3.05) is 0 Å². The number of carboxylic acid groups (broad SMARTS) is 1. The molecule has 0 unspecified atom stereocenters. The van der Waals surface area contributed by atoms with E-state index in [1.807, 2.05) is 0 Å². The molecule has 0 spiro atoms. The van der Waals surface area contributed by atoms with E-state index in [9.17, 15) is 18.0 Å². The molecule has 21 heavy (non-hydrogen) atoms. The van der Waals surface area contributed by atoms with Gasteiger partial charge in [0.1, 0.15) is 11.1 Å². The summed E-state index contributed by atoms with van der Waals surface area (Å²) in [6.45, 7) is 2.80. The molecule has 9 heteroatoms. The van der Waals surface area contributed by atoms with Gasteiger partial charge in [0.25, 0.3) is 0 Å². The van der Waals surface area contributed by atoms with E-state index in [0.717, 1.165) is 10.7 Å². The average Bonchev–Trinajstić information content (AvgIpc) is 2.63. The van der Waals surface area contributed by atoms with Crippen LogP contribution in [0.3, 0.4) is 0 Å². The molecule has 0 bridgehead atoms. The highest BCUT2D eigenvalue weighted by molar-refractivity contribution is 9.10. The molecule has 0 fully saturated rings. The number of hydrogen-bond acceptors (Lipinski definition) is 3. The standard InChI is InChI=1S/C12H9BrF3N3O2/c1-5-9(11(20)21)6(2)19(18-5)10-8(12(14,15)16)3-7(13)4-17-10/h3-4H,1-2H3,(H,20,21). The summed E-state index contributed by atoms with van der Waals surface area (Å²) in [5.74, 6) is -1.71. The Balaban J connectivity index is 2.74. The lowest BCUT2D eigenvalue weighted by molar-refractivity contribution is -0.137. The van der Waals surface area contributed by atoms with E-state index < -0.39 is 23.5 Å². The molecule has 1 N–H and O–H groups in total. The maximum absolute atomic E-state index is 13.1. The Kier molecular flexibility index (Phi) is 3.79. The van der Waals surface area contributed by atoms with Crippen LogP contribution in [0.15, 0.2) is 16.7 Å². The lowest BCUT2D eigenvalue weighted by Gasteiger charge is -2.13. The van der Waals surface area contributed by atoms with Gasteiger partial charge in [-0.25, -0.2) is 14.5 Å². The van der Waals surface area contributed by atoms with Gasteiger partial charge in [0, 0.05) is 10.7 Å². The molecular weight excluding hydrogens is 355 g/mol. The summed E-state index contributed by atoms with van der Waals surface area (Å²) in [4.78, 5) is 14.8. The van der Waals surface area contributed by atoms with Gasteiger partial charge in [-0.05, 0) is 35.8 Å². The summed E-state index contributed by atoms with van der Waals surface area (Å²) in [6.07, 6.45) is -3.44. The van der Waals surface area contributed by atoms with Crippen LogP contribution in [0, 0.1) is 13.8 Å². The number of alkyl halides is 3. The summed E-state index contributed by atoms with van der Waals surface area (Å²) in [6, 6.07) is 0.874. The quantitative estimate of drug-likeness (QED) is 0.888. The minimum atomic E-state index is -4.64. The fraction of sp³-hybridized carbons (Fsp3) is 0.250. The highest BCUT2D eigenvalue weighted by Gasteiger charge is 2.36.